The largest absolute Gasteiger partial charge is 0.414 e. The van der Waals surface area contributed by atoms with Crippen LogP contribution in [-0.4, -0.2) is 38.8 Å². The quantitative estimate of drug-likeness (QED) is 0.754. The second-order valence-corrected chi connectivity index (χ2v) is 10.0. The number of rotatable bonds is 4. The molecule has 1 saturated heterocycles. The highest BCUT2D eigenvalue weighted by molar-refractivity contribution is 6.72. The molecule has 0 spiro atoms. The lowest BCUT2D eigenvalue weighted by molar-refractivity contribution is 0.0471. The molecule has 1 fully saturated rings. The minimum absolute atomic E-state index is 0.0746. The van der Waals surface area contributed by atoms with E-state index in [9.17, 15) is 5.11 Å². The highest BCUT2D eigenvalue weighted by Gasteiger charge is 2.35. The first-order valence-electron chi connectivity index (χ1n) is 5.78. The van der Waals surface area contributed by atoms with Crippen molar-refractivity contribution in [2.45, 2.75) is 51.6 Å². The summed E-state index contributed by atoms with van der Waals surface area (Å²) in [5.74, 6) is 0.196. The van der Waals surface area contributed by atoms with Crippen LogP contribution in [-0.2, 0) is 9.16 Å². The highest BCUT2D eigenvalue weighted by atomic mass is 28.4. The normalized spacial score (nSPS) is 32.6. The number of aliphatic hydroxyl groups is 1. The molecular formula is C11H24O3Si. The van der Waals surface area contributed by atoms with E-state index in [1.807, 2.05) is 6.92 Å². The Morgan fingerprint density at radius 3 is 2.47 bits per heavy atom. The Kier molecular flexibility index (Phi) is 4.35. The second-order valence-electron chi connectivity index (χ2n) is 5.37. The molecule has 0 radical (unpaired) electrons. The molecule has 0 bridgehead atoms. The third kappa shape index (κ3) is 3.28. The van der Waals surface area contributed by atoms with Gasteiger partial charge in [0.2, 0.25) is 0 Å². The number of hydrogen-bond acceptors (Lipinski definition) is 3. The number of hydrogen-bond donors (Lipinski definition) is 1. The summed E-state index contributed by atoms with van der Waals surface area (Å²) in [5.41, 5.74) is 0.610. The zero-order valence-corrected chi connectivity index (χ0v) is 11.5. The summed E-state index contributed by atoms with van der Waals surface area (Å²) < 4.78 is 11.5. The van der Waals surface area contributed by atoms with Crippen LogP contribution in [0.1, 0.15) is 20.8 Å². The van der Waals surface area contributed by atoms with Crippen molar-refractivity contribution in [2.24, 2.45) is 5.92 Å². The van der Waals surface area contributed by atoms with E-state index in [2.05, 4.69) is 26.9 Å². The topological polar surface area (TPSA) is 38.7 Å². The Balaban J connectivity index is 2.38. The Morgan fingerprint density at radius 1 is 1.47 bits per heavy atom. The maximum atomic E-state index is 9.54. The molecule has 3 nitrogen and oxygen atoms in total. The highest BCUT2D eigenvalue weighted by Crippen LogP contribution is 2.25. The predicted molar refractivity (Wildman–Crippen MR) is 63.4 cm³/mol. The van der Waals surface area contributed by atoms with Gasteiger partial charge in [0.1, 0.15) is 0 Å². The molecule has 0 aromatic carbocycles. The van der Waals surface area contributed by atoms with Gasteiger partial charge in [0.25, 0.3) is 0 Å². The van der Waals surface area contributed by atoms with Crippen molar-refractivity contribution >= 4 is 8.32 Å². The van der Waals surface area contributed by atoms with Gasteiger partial charge in [-0.25, -0.2) is 0 Å². The van der Waals surface area contributed by atoms with Crippen LogP contribution >= 0.6 is 0 Å². The van der Waals surface area contributed by atoms with Gasteiger partial charge in [-0.1, -0.05) is 20.8 Å². The van der Waals surface area contributed by atoms with E-state index in [0.29, 0.717) is 18.8 Å². The van der Waals surface area contributed by atoms with Crippen molar-refractivity contribution in [3.63, 3.8) is 0 Å². The number of aliphatic hydroxyl groups excluding tert-OH is 1. The number of ether oxygens (including phenoxy) is 1. The molecule has 0 aromatic heterocycles. The molecule has 1 rings (SSSR count). The van der Waals surface area contributed by atoms with E-state index in [1.165, 1.54) is 0 Å². The van der Waals surface area contributed by atoms with E-state index >= 15 is 0 Å². The Hall–Kier alpha value is 0.0969. The molecule has 1 aliphatic heterocycles. The molecule has 0 aromatic rings. The van der Waals surface area contributed by atoms with E-state index in [4.69, 9.17) is 9.16 Å². The molecule has 0 saturated carbocycles. The predicted octanol–water partition coefficient (Wildman–Crippen LogP) is 2.01. The first kappa shape index (κ1) is 13.2. The van der Waals surface area contributed by atoms with Crippen LogP contribution in [0.5, 0.6) is 0 Å². The Morgan fingerprint density at radius 2 is 2.07 bits per heavy atom. The van der Waals surface area contributed by atoms with Gasteiger partial charge in [-0.3, -0.25) is 0 Å². The van der Waals surface area contributed by atoms with Crippen molar-refractivity contribution in [3.05, 3.63) is 0 Å². The van der Waals surface area contributed by atoms with Gasteiger partial charge in [-0.05, 0) is 18.6 Å². The van der Waals surface area contributed by atoms with Crippen LogP contribution < -0.4 is 0 Å². The summed E-state index contributed by atoms with van der Waals surface area (Å²) in [6, 6.07) is 0. The minimum Gasteiger partial charge on any atom is -0.414 e. The first-order chi connectivity index (χ1) is 6.84. The van der Waals surface area contributed by atoms with Crippen LogP contribution in [0.2, 0.25) is 18.6 Å². The first-order valence-corrected chi connectivity index (χ1v) is 8.76. The molecule has 3 unspecified atom stereocenters. The average molecular weight is 232 g/mol. The molecule has 0 amide bonds. The van der Waals surface area contributed by atoms with Crippen molar-refractivity contribution in [3.8, 4) is 0 Å². The molecule has 4 heteroatoms. The lowest BCUT2D eigenvalue weighted by Gasteiger charge is -2.29. The van der Waals surface area contributed by atoms with Gasteiger partial charge in [0, 0.05) is 5.92 Å². The van der Waals surface area contributed by atoms with Crippen LogP contribution in [0.25, 0.3) is 0 Å². The molecule has 1 aliphatic rings. The van der Waals surface area contributed by atoms with Gasteiger partial charge in [-0.2, -0.15) is 0 Å². The molecule has 90 valence electrons. The fourth-order valence-corrected chi connectivity index (χ4v) is 2.36. The molecule has 3 atom stereocenters. The third-order valence-corrected chi connectivity index (χ3v) is 7.38. The van der Waals surface area contributed by atoms with E-state index in [1.54, 1.807) is 0 Å². The van der Waals surface area contributed by atoms with Crippen molar-refractivity contribution < 1.29 is 14.3 Å². The van der Waals surface area contributed by atoms with E-state index in [-0.39, 0.29) is 18.1 Å². The molecular weight excluding hydrogens is 208 g/mol. The third-order valence-electron chi connectivity index (χ3n) is 3.68. The van der Waals surface area contributed by atoms with E-state index < -0.39 is 8.32 Å². The Bertz CT molecular complexity index is 206. The zero-order valence-electron chi connectivity index (χ0n) is 10.5. The lowest BCUT2D eigenvalue weighted by Crippen LogP contribution is -2.38. The fraction of sp³-hybridized carbons (Fsp3) is 1.00. The summed E-state index contributed by atoms with van der Waals surface area (Å²) in [6.07, 6.45) is -0.243. The summed E-state index contributed by atoms with van der Waals surface area (Å²) >= 11 is 0. The van der Waals surface area contributed by atoms with Crippen LogP contribution in [0.4, 0.5) is 0 Å². The van der Waals surface area contributed by atoms with Crippen molar-refractivity contribution in [1.29, 1.82) is 0 Å². The summed E-state index contributed by atoms with van der Waals surface area (Å²) in [6.45, 7) is 12.0. The van der Waals surface area contributed by atoms with Crippen LogP contribution in [0.15, 0.2) is 0 Å². The van der Waals surface area contributed by atoms with Gasteiger partial charge in [0.05, 0.1) is 25.4 Å². The Labute approximate surface area is 93.9 Å². The molecule has 1 heterocycles. The lowest BCUT2D eigenvalue weighted by atomic mass is 10.0. The van der Waals surface area contributed by atoms with Crippen molar-refractivity contribution in [2.75, 3.05) is 13.2 Å². The summed E-state index contributed by atoms with van der Waals surface area (Å²) in [7, 11) is -1.56. The van der Waals surface area contributed by atoms with Gasteiger partial charge in [0.15, 0.2) is 8.32 Å². The average Bonchev–Trinajstić information content (AvgIpc) is 2.45. The van der Waals surface area contributed by atoms with Gasteiger partial charge in [-0.15, -0.1) is 0 Å². The smallest absolute Gasteiger partial charge is 0.189 e. The monoisotopic (exact) mass is 232 g/mol. The van der Waals surface area contributed by atoms with Gasteiger partial charge >= 0.3 is 0 Å². The minimum atomic E-state index is -1.56. The van der Waals surface area contributed by atoms with Crippen LogP contribution in [0.3, 0.4) is 0 Å². The second kappa shape index (κ2) is 4.95. The maximum Gasteiger partial charge on any atom is 0.189 e. The maximum absolute atomic E-state index is 9.54. The zero-order chi connectivity index (χ0) is 11.6. The summed E-state index contributed by atoms with van der Waals surface area (Å²) in [5, 5.41) is 9.54. The van der Waals surface area contributed by atoms with Crippen LogP contribution in [0, 0.1) is 5.92 Å². The van der Waals surface area contributed by atoms with E-state index in [0.717, 1.165) is 0 Å². The van der Waals surface area contributed by atoms with Gasteiger partial charge < -0.3 is 14.3 Å². The molecule has 15 heavy (non-hydrogen) atoms. The molecule has 1 N–H and O–H groups in total. The molecule has 0 aliphatic carbocycles. The summed E-state index contributed by atoms with van der Waals surface area (Å²) in [4.78, 5) is 0. The standard InChI is InChI=1S/C11H24O3Si/c1-8(2)15(4,5)14-7-11-9(3)10(12)6-13-11/h8-12H,6-7H2,1-5H3. The SMILES string of the molecule is CC1C(O)COC1CO[Si](C)(C)C(C)C. The fourth-order valence-electron chi connectivity index (χ4n) is 1.44. The van der Waals surface area contributed by atoms with Crippen molar-refractivity contribution in [1.82, 2.24) is 0 Å².